The van der Waals surface area contributed by atoms with E-state index in [0.717, 1.165) is 17.1 Å². The third-order valence-corrected chi connectivity index (χ3v) is 4.14. The van der Waals surface area contributed by atoms with Crippen molar-refractivity contribution in [3.63, 3.8) is 0 Å². The molecule has 0 aliphatic carbocycles. The van der Waals surface area contributed by atoms with E-state index < -0.39 is 0 Å². The number of nitrogens with one attached hydrogen (secondary N) is 1. The molecule has 6 heteroatoms. The van der Waals surface area contributed by atoms with E-state index in [-0.39, 0.29) is 17.7 Å². The molecule has 1 atom stereocenters. The van der Waals surface area contributed by atoms with Crippen molar-refractivity contribution >= 4 is 23.2 Å². The van der Waals surface area contributed by atoms with Gasteiger partial charge in [0.15, 0.2) is 0 Å². The van der Waals surface area contributed by atoms with Gasteiger partial charge in [-0.2, -0.15) is 0 Å². The summed E-state index contributed by atoms with van der Waals surface area (Å²) in [5.41, 5.74) is 1.01. The maximum atomic E-state index is 11.9. The predicted molar refractivity (Wildman–Crippen MR) is 73.9 cm³/mol. The number of carbonyl (C=O) groups excluding carboxylic acids is 2. The van der Waals surface area contributed by atoms with Gasteiger partial charge >= 0.3 is 0 Å². The molecule has 1 aliphatic rings. The largest absolute Gasteiger partial charge is 0.355 e. The van der Waals surface area contributed by atoms with Gasteiger partial charge < -0.3 is 10.2 Å². The average Bonchev–Trinajstić information content (AvgIpc) is 2.95. The molecule has 2 rings (SSSR count). The minimum Gasteiger partial charge on any atom is -0.355 e. The number of carbonyl (C=O) groups is 2. The van der Waals surface area contributed by atoms with Crippen LogP contribution in [0.15, 0.2) is 5.38 Å². The zero-order chi connectivity index (χ0) is 13.8. The summed E-state index contributed by atoms with van der Waals surface area (Å²) in [5.74, 6) is -0.126. The molecule has 5 nitrogen and oxygen atoms in total. The van der Waals surface area contributed by atoms with Crippen LogP contribution in [0.5, 0.6) is 0 Å². The Bertz CT molecular complexity index is 472. The van der Waals surface area contributed by atoms with Gasteiger partial charge in [0.25, 0.3) is 0 Å². The fourth-order valence-electron chi connectivity index (χ4n) is 2.23. The molecule has 1 aromatic heterocycles. The van der Waals surface area contributed by atoms with E-state index in [9.17, 15) is 9.59 Å². The quantitative estimate of drug-likeness (QED) is 0.875. The summed E-state index contributed by atoms with van der Waals surface area (Å²) in [6.45, 7) is 5.72. The summed E-state index contributed by atoms with van der Waals surface area (Å²) >= 11 is 1.62. The first kappa shape index (κ1) is 14.0. The number of nitrogens with zero attached hydrogens (tertiary/aromatic N) is 2. The first-order chi connectivity index (χ1) is 9.10. The molecule has 2 heterocycles. The average molecular weight is 281 g/mol. The maximum Gasteiger partial charge on any atom is 0.225 e. The SMILES string of the molecule is CCN1CC(C(=O)NCCc2csc(C)n2)CC1=O. The second-order valence-corrected chi connectivity index (χ2v) is 5.79. The van der Waals surface area contributed by atoms with Crippen LogP contribution in [0.1, 0.15) is 24.0 Å². The lowest BCUT2D eigenvalue weighted by Gasteiger charge is -2.13. The number of hydrogen-bond acceptors (Lipinski definition) is 4. The Morgan fingerprint density at radius 2 is 2.42 bits per heavy atom. The topological polar surface area (TPSA) is 62.3 Å². The Hall–Kier alpha value is -1.43. The third kappa shape index (κ3) is 3.53. The second kappa shape index (κ2) is 6.14. The van der Waals surface area contributed by atoms with Crippen LogP contribution in [0.3, 0.4) is 0 Å². The summed E-state index contributed by atoms with van der Waals surface area (Å²) in [6, 6.07) is 0. The van der Waals surface area contributed by atoms with Gasteiger partial charge in [-0.1, -0.05) is 0 Å². The number of thiazole rings is 1. The molecule has 1 aliphatic heterocycles. The molecule has 1 saturated heterocycles. The van der Waals surface area contributed by atoms with E-state index in [1.807, 2.05) is 19.2 Å². The molecule has 0 bridgehead atoms. The number of aryl methyl sites for hydroxylation is 1. The predicted octanol–water partition coefficient (Wildman–Crippen LogP) is 0.979. The first-order valence-electron chi connectivity index (χ1n) is 6.56. The minimum atomic E-state index is -0.190. The lowest BCUT2D eigenvalue weighted by Crippen LogP contribution is -2.34. The molecule has 1 N–H and O–H groups in total. The normalized spacial score (nSPS) is 18.9. The fraction of sp³-hybridized carbons (Fsp3) is 0.615. The third-order valence-electron chi connectivity index (χ3n) is 3.31. The first-order valence-corrected chi connectivity index (χ1v) is 7.44. The van der Waals surface area contributed by atoms with Crippen LogP contribution in [0, 0.1) is 12.8 Å². The molecule has 0 radical (unpaired) electrons. The monoisotopic (exact) mass is 281 g/mol. The van der Waals surface area contributed by atoms with Crippen LogP contribution in [-0.4, -0.2) is 41.3 Å². The van der Waals surface area contributed by atoms with Crippen molar-refractivity contribution in [2.75, 3.05) is 19.6 Å². The van der Waals surface area contributed by atoms with E-state index in [2.05, 4.69) is 10.3 Å². The van der Waals surface area contributed by atoms with Crippen molar-refractivity contribution in [2.45, 2.75) is 26.7 Å². The van der Waals surface area contributed by atoms with Crippen molar-refractivity contribution in [1.82, 2.24) is 15.2 Å². The van der Waals surface area contributed by atoms with E-state index in [1.165, 1.54) is 0 Å². The highest BCUT2D eigenvalue weighted by atomic mass is 32.1. The Morgan fingerprint density at radius 3 is 3.00 bits per heavy atom. The molecule has 1 unspecified atom stereocenters. The smallest absolute Gasteiger partial charge is 0.225 e. The van der Waals surface area contributed by atoms with Crippen LogP contribution in [0.25, 0.3) is 0 Å². The molecule has 1 fully saturated rings. The van der Waals surface area contributed by atoms with Gasteiger partial charge in [0.2, 0.25) is 11.8 Å². The van der Waals surface area contributed by atoms with Gasteiger partial charge in [0.05, 0.1) is 16.6 Å². The number of aromatic nitrogens is 1. The Morgan fingerprint density at radius 1 is 1.63 bits per heavy atom. The second-order valence-electron chi connectivity index (χ2n) is 4.73. The summed E-state index contributed by atoms with van der Waals surface area (Å²) in [4.78, 5) is 29.6. The van der Waals surface area contributed by atoms with Crippen molar-refractivity contribution in [3.8, 4) is 0 Å². The van der Waals surface area contributed by atoms with Crippen molar-refractivity contribution in [1.29, 1.82) is 0 Å². The van der Waals surface area contributed by atoms with E-state index >= 15 is 0 Å². The number of amides is 2. The Balaban J connectivity index is 1.74. The van der Waals surface area contributed by atoms with Gasteiger partial charge in [-0.3, -0.25) is 9.59 Å². The Labute approximate surface area is 117 Å². The van der Waals surface area contributed by atoms with Crippen molar-refractivity contribution < 1.29 is 9.59 Å². The molecular formula is C13H19N3O2S. The maximum absolute atomic E-state index is 11.9. The van der Waals surface area contributed by atoms with Crippen LogP contribution >= 0.6 is 11.3 Å². The molecule has 104 valence electrons. The van der Waals surface area contributed by atoms with Crippen LogP contribution in [-0.2, 0) is 16.0 Å². The molecule has 2 amide bonds. The lowest BCUT2D eigenvalue weighted by molar-refractivity contribution is -0.128. The number of hydrogen-bond donors (Lipinski definition) is 1. The van der Waals surface area contributed by atoms with E-state index in [1.54, 1.807) is 16.2 Å². The molecule has 0 spiro atoms. The molecule has 0 saturated carbocycles. The molecule has 1 aromatic rings. The Kier molecular flexibility index (Phi) is 4.52. The van der Waals surface area contributed by atoms with Gasteiger partial charge in [-0.25, -0.2) is 4.98 Å². The molecule has 19 heavy (non-hydrogen) atoms. The summed E-state index contributed by atoms with van der Waals surface area (Å²) < 4.78 is 0. The summed E-state index contributed by atoms with van der Waals surface area (Å²) in [6.07, 6.45) is 1.09. The van der Waals surface area contributed by atoms with E-state index in [4.69, 9.17) is 0 Å². The molecular weight excluding hydrogens is 262 g/mol. The molecule has 0 aromatic carbocycles. The van der Waals surface area contributed by atoms with Gasteiger partial charge in [0, 0.05) is 37.9 Å². The fourth-order valence-corrected chi connectivity index (χ4v) is 2.88. The summed E-state index contributed by atoms with van der Waals surface area (Å²) in [7, 11) is 0. The number of rotatable bonds is 5. The highest BCUT2D eigenvalue weighted by molar-refractivity contribution is 7.09. The lowest BCUT2D eigenvalue weighted by atomic mass is 10.1. The minimum absolute atomic E-state index is 0.0174. The van der Waals surface area contributed by atoms with Crippen molar-refractivity contribution in [3.05, 3.63) is 16.1 Å². The summed E-state index contributed by atoms with van der Waals surface area (Å²) in [5, 5.41) is 5.95. The van der Waals surface area contributed by atoms with Gasteiger partial charge in [-0.05, 0) is 13.8 Å². The zero-order valence-electron chi connectivity index (χ0n) is 11.3. The van der Waals surface area contributed by atoms with Crippen LogP contribution < -0.4 is 5.32 Å². The van der Waals surface area contributed by atoms with Gasteiger partial charge in [0.1, 0.15) is 0 Å². The highest BCUT2D eigenvalue weighted by Gasteiger charge is 2.32. The van der Waals surface area contributed by atoms with Crippen LogP contribution in [0.2, 0.25) is 0 Å². The van der Waals surface area contributed by atoms with Gasteiger partial charge in [-0.15, -0.1) is 11.3 Å². The van der Waals surface area contributed by atoms with Crippen molar-refractivity contribution in [2.24, 2.45) is 5.92 Å². The van der Waals surface area contributed by atoms with Crippen LogP contribution in [0.4, 0.5) is 0 Å². The standard InChI is InChI=1S/C13H19N3O2S/c1-3-16-7-10(6-12(16)17)13(18)14-5-4-11-8-19-9(2)15-11/h8,10H,3-7H2,1-2H3,(H,14,18). The van der Waals surface area contributed by atoms with E-state index in [0.29, 0.717) is 26.1 Å². The number of likely N-dealkylation sites (tertiary alicyclic amines) is 1. The zero-order valence-corrected chi connectivity index (χ0v) is 12.1. The highest BCUT2D eigenvalue weighted by Crippen LogP contribution is 2.17.